The molecule has 6 nitrogen and oxygen atoms in total. The van der Waals surface area contributed by atoms with Gasteiger partial charge in [-0.15, -0.1) is 10.2 Å². The SMILES string of the molecule is Cc1nnc(CC[C@]23CCC(C)(C)C[C@H]2[C@H]2C(=O)C=C4[C@@]5(C)C=C(C#N)C(=O)[C@@H](C)[C@@H]5CC[C@@]4(C)[C@]2(C)CC3)o1. The Hall–Kier alpha value is -2.55. The van der Waals surface area contributed by atoms with Crippen molar-refractivity contribution in [2.45, 2.75) is 106 Å². The lowest BCUT2D eigenvalue weighted by molar-refractivity contribution is -0.171. The predicted molar refractivity (Wildman–Crippen MR) is 152 cm³/mol. The minimum absolute atomic E-state index is 0.0267. The van der Waals surface area contributed by atoms with Crippen LogP contribution in [0, 0.1) is 69.0 Å². The summed E-state index contributed by atoms with van der Waals surface area (Å²) in [5, 5.41) is 18.2. The molecule has 0 N–H and O–H groups in total. The number of nitrogens with zero attached hydrogens (tertiary/aromatic N) is 3. The number of aromatic nitrogens is 2. The number of nitriles is 1. The first-order valence-corrected chi connectivity index (χ1v) is 15.4. The topological polar surface area (TPSA) is 96.9 Å². The molecule has 0 bridgehead atoms. The fraction of sp³-hybridized carbons (Fsp3) is 0.735. The molecule has 0 aliphatic heterocycles. The highest BCUT2D eigenvalue weighted by Crippen LogP contribution is 2.74. The Bertz CT molecular complexity index is 1380. The Morgan fingerprint density at radius 3 is 2.42 bits per heavy atom. The summed E-state index contributed by atoms with van der Waals surface area (Å²) in [5.74, 6) is 1.75. The standard InChI is InChI=1S/C34H45N3O3/c1-20-23-8-10-32(6)26(31(23,5)17-22(19-35)29(20)39)16-25(38)28-24-18-30(3,4)12-14-34(24,15-13-33(28,32)7)11-9-27-37-36-21(2)40-27/h16-17,20,23-24,28H,8-15,18H2,1-7H3/t20-,23-,24-,28-,31-,32+,33+,34+/m0/s1. The Morgan fingerprint density at radius 1 is 1.02 bits per heavy atom. The molecule has 5 aliphatic carbocycles. The van der Waals surface area contributed by atoms with E-state index in [0.29, 0.717) is 17.7 Å². The molecule has 5 aliphatic rings. The summed E-state index contributed by atoms with van der Waals surface area (Å²) in [5.41, 5.74) is 0.957. The molecule has 1 aromatic heterocycles. The van der Waals surface area contributed by atoms with E-state index in [1.807, 2.05) is 26.0 Å². The summed E-state index contributed by atoms with van der Waals surface area (Å²) >= 11 is 0. The number of carbonyl (C=O) groups excluding carboxylic acids is 2. The highest BCUT2D eigenvalue weighted by molar-refractivity contribution is 6.02. The van der Waals surface area contributed by atoms with Crippen LogP contribution in [0.2, 0.25) is 0 Å². The molecule has 40 heavy (non-hydrogen) atoms. The highest BCUT2D eigenvalue weighted by Gasteiger charge is 2.68. The van der Waals surface area contributed by atoms with Crippen LogP contribution in [0.15, 0.2) is 27.7 Å². The molecule has 6 heteroatoms. The van der Waals surface area contributed by atoms with Crippen LogP contribution in [0.25, 0.3) is 0 Å². The molecule has 214 valence electrons. The van der Waals surface area contributed by atoms with Crippen molar-refractivity contribution in [3.05, 3.63) is 35.1 Å². The fourth-order valence-corrected chi connectivity index (χ4v) is 10.6. The lowest BCUT2D eigenvalue weighted by Crippen LogP contribution is -2.64. The smallest absolute Gasteiger partial charge is 0.216 e. The van der Waals surface area contributed by atoms with Crippen molar-refractivity contribution in [2.75, 3.05) is 0 Å². The zero-order valence-electron chi connectivity index (χ0n) is 25.4. The summed E-state index contributed by atoms with van der Waals surface area (Å²) in [6.07, 6.45) is 13.1. The summed E-state index contributed by atoms with van der Waals surface area (Å²) in [4.78, 5) is 27.5. The van der Waals surface area contributed by atoms with Gasteiger partial charge in [-0.2, -0.15) is 5.26 Å². The van der Waals surface area contributed by atoms with E-state index in [1.54, 1.807) is 0 Å². The molecule has 0 spiro atoms. The van der Waals surface area contributed by atoms with Crippen molar-refractivity contribution in [1.29, 1.82) is 5.26 Å². The van der Waals surface area contributed by atoms with Gasteiger partial charge in [0.25, 0.3) is 0 Å². The molecule has 0 aromatic carbocycles. The number of hydrogen-bond donors (Lipinski definition) is 0. The molecular weight excluding hydrogens is 498 g/mol. The van der Waals surface area contributed by atoms with Crippen molar-refractivity contribution in [3.63, 3.8) is 0 Å². The van der Waals surface area contributed by atoms with Crippen molar-refractivity contribution in [2.24, 2.45) is 50.7 Å². The Labute approximate surface area is 239 Å². The van der Waals surface area contributed by atoms with Crippen LogP contribution in [0.5, 0.6) is 0 Å². The normalized spacial score (nSPS) is 43.9. The first kappa shape index (κ1) is 27.6. The maximum absolute atomic E-state index is 14.6. The zero-order chi connectivity index (χ0) is 28.9. The third-order valence-electron chi connectivity index (χ3n) is 13.1. The zero-order valence-corrected chi connectivity index (χ0v) is 25.4. The largest absolute Gasteiger partial charge is 0.426 e. The molecule has 0 amide bonds. The monoisotopic (exact) mass is 543 g/mol. The number of ketones is 2. The van der Waals surface area contributed by atoms with Gasteiger partial charge in [-0.25, -0.2) is 0 Å². The van der Waals surface area contributed by atoms with Gasteiger partial charge in [0, 0.05) is 30.6 Å². The van der Waals surface area contributed by atoms with Crippen LogP contribution in [-0.2, 0) is 16.0 Å². The molecule has 0 unspecified atom stereocenters. The molecule has 3 saturated carbocycles. The Morgan fingerprint density at radius 2 is 1.75 bits per heavy atom. The molecule has 0 radical (unpaired) electrons. The van der Waals surface area contributed by atoms with Gasteiger partial charge in [-0.3, -0.25) is 9.59 Å². The molecule has 1 aromatic rings. The second kappa shape index (κ2) is 8.73. The van der Waals surface area contributed by atoms with E-state index < -0.39 is 5.41 Å². The summed E-state index contributed by atoms with van der Waals surface area (Å²) in [6.45, 7) is 15.6. The van der Waals surface area contributed by atoms with Crippen LogP contribution < -0.4 is 0 Å². The minimum Gasteiger partial charge on any atom is -0.426 e. The van der Waals surface area contributed by atoms with E-state index in [4.69, 9.17) is 4.42 Å². The minimum atomic E-state index is -0.453. The first-order chi connectivity index (χ1) is 18.7. The van der Waals surface area contributed by atoms with Gasteiger partial charge in [0.15, 0.2) is 11.6 Å². The van der Waals surface area contributed by atoms with Crippen LogP contribution in [0.1, 0.15) is 105 Å². The lowest BCUT2D eigenvalue weighted by Gasteiger charge is -2.69. The Balaban J connectivity index is 1.44. The lowest BCUT2D eigenvalue weighted by atomic mass is 9.34. The maximum Gasteiger partial charge on any atom is 0.216 e. The van der Waals surface area contributed by atoms with E-state index in [9.17, 15) is 14.9 Å². The second-order valence-corrected chi connectivity index (χ2v) is 15.5. The maximum atomic E-state index is 14.6. The number of allylic oxidation sites excluding steroid dienone is 4. The molecule has 8 atom stereocenters. The van der Waals surface area contributed by atoms with E-state index in [2.05, 4.69) is 50.9 Å². The van der Waals surface area contributed by atoms with Gasteiger partial charge in [-0.05, 0) is 90.9 Å². The van der Waals surface area contributed by atoms with Gasteiger partial charge < -0.3 is 4.42 Å². The summed E-state index contributed by atoms with van der Waals surface area (Å²) in [6, 6.07) is 2.19. The summed E-state index contributed by atoms with van der Waals surface area (Å²) in [7, 11) is 0. The fourth-order valence-electron chi connectivity index (χ4n) is 10.6. The number of hydrogen-bond acceptors (Lipinski definition) is 6. The van der Waals surface area contributed by atoms with Crippen LogP contribution in [0.3, 0.4) is 0 Å². The Kier molecular flexibility index (Phi) is 6.02. The first-order valence-electron chi connectivity index (χ1n) is 15.4. The number of Topliss-reactive ketones (excluding diaryl/α,β-unsaturated/α-hetero) is 1. The number of carbonyl (C=O) groups is 2. The van der Waals surface area contributed by atoms with Gasteiger partial charge in [-0.1, -0.05) is 53.2 Å². The molecule has 0 saturated heterocycles. The predicted octanol–water partition coefficient (Wildman–Crippen LogP) is 7.14. The van der Waals surface area contributed by atoms with Crippen LogP contribution in [0.4, 0.5) is 0 Å². The number of rotatable bonds is 3. The second-order valence-electron chi connectivity index (χ2n) is 15.5. The van der Waals surface area contributed by atoms with Crippen LogP contribution >= 0.6 is 0 Å². The number of aryl methyl sites for hydroxylation is 2. The molecule has 1 heterocycles. The molecule has 3 fully saturated rings. The van der Waals surface area contributed by atoms with Crippen molar-refractivity contribution in [1.82, 2.24) is 10.2 Å². The van der Waals surface area contributed by atoms with Crippen molar-refractivity contribution in [3.8, 4) is 6.07 Å². The van der Waals surface area contributed by atoms with Crippen molar-refractivity contribution < 1.29 is 14.0 Å². The van der Waals surface area contributed by atoms with Gasteiger partial charge >= 0.3 is 0 Å². The van der Waals surface area contributed by atoms with Crippen LogP contribution in [-0.4, -0.2) is 21.8 Å². The number of fused-ring (bicyclic) bond motifs is 7. The third-order valence-corrected chi connectivity index (χ3v) is 13.1. The van der Waals surface area contributed by atoms with E-state index in [1.165, 1.54) is 12.0 Å². The highest BCUT2D eigenvalue weighted by atomic mass is 16.4. The third kappa shape index (κ3) is 3.64. The average Bonchev–Trinajstić information content (AvgIpc) is 3.31. The summed E-state index contributed by atoms with van der Waals surface area (Å²) < 4.78 is 5.77. The van der Waals surface area contributed by atoms with E-state index in [0.717, 1.165) is 51.4 Å². The van der Waals surface area contributed by atoms with Gasteiger partial charge in [0.1, 0.15) is 6.07 Å². The van der Waals surface area contributed by atoms with E-state index in [-0.39, 0.29) is 56.6 Å². The van der Waals surface area contributed by atoms with E-state index >= 15 is 0 Å². The van der Waals surface area contributed by atoms with Crippen molar-refractivity contribution >= 4 is 11.6 Å². The quantitative estimate of drug-likeness (QED) is 0.402. The molecular formula is C34H45N3O3. The average molecular weight is 544 g/mol. The van der Waals surface area contributed by atoms with Gasteiger partial charge in [0.2, 0.25) is 11.8 Å². The molecule has 6 rings (SSSR count). The van der Waals surface area contributed by atoms with Gasteiger partial charge in [0.05, 0.1) is 5.57 Å².